The van der Waals surface area contributed by atoms with Gasteiger partial charge in [-0.25, -0.2) is 14.6 Å². The van der Waals surface area contributed by atoms with Crippen molar-refractivity contribution >= 4 is 23.3 Å². The number of ether oxygens (including phenoxy) is 2. The molecule has 0 unspecified atom stereocenters. The average Bonchev–Trinajstić information content (AvgIpc) is 3.31. The predicted molar refractivity (Wildman–Crippen MR) is 163 cm³/mol. The number of aromatic nitrogens is 1. The van der Waals surface area contributed by atoms with Gasteiger partial charge >= 0.3 is 11.9 Å². The van der Waals surface area contributed by atoms with E-state index >= 15 is 0 Å². The van der Waals surface area contributed by atoms with Crippen molar-refractivity contribution in [2.24, 2.45) is 0 Å². The molecular weight excluding hydrogens is 611 g/mol. The molecule has 2 heterocycles. The molecule has 1 aliphatic rings. The number of thiazole rings is 1. The normalized spacial score (nSPS) is 24.2. The summed E-state index contributed by atoms with van der Waals surface area (Å²) in [4.78, 5) is 32.3. The number of cyclic esters (lactones) is 2. The first-order valence-electron chi connectivity index (χ1n) is 13.7. The van der Waals surface area contributed by atoms with E-state index in [-0.39, 0.29) is 44.8 Å². The van der Waals surface area contributed by atoms with E-state index < -0.39 is 18.1 Å². The molecule has 0 amide bonds. The summed E-state index contributed by atoms with van der Waals surface area (Å²) >= 11 is 1.55. The van der Waals surface area contributed by atoms with Crippen LogP contribution in [0.1, 0.15) is 57.7 Å². The smallest absolute Gasteiger partial charge is 0.331 e. The van der Waals surface area contributed by atoms with Gasteiger partial charge in [-0.2, -0.15) is 0 Å². The van der Waals surface area contributed by atoms with Gasteiger partial charge in [0.25, 0.3) is 0 Å². The number of nitrogens with one attached hydrogen (secondary N) is 1. The molecule has 2 bridgehead atoms. The second kappa shape index (κ2) is 19.9. The van der Waals surface area contributed by atoms with Crippen molar-refractivity contribution in [3.63, 3.8) is 0 Å². The molecule has 3 atom stereocenters. The Bertz CT molecular complexity index is 1150. The van der Waals surface area contributed by atoms with Crippen LogP contribution in [-0.4, -0.2) is 60.7 Å². The van der Waals surface area contributed by atoms with Crippen molar-refractivity contribution < 1.29 is 51.8 Å². The summed E-state index contributed by atoms with van der Waals surface area (Å²) < 4.78 is 11.5. The largest absolute Gasteiger partial charge is 0.556 e. The fourth-order valence-corrected chi connectivity index (χ4v) is 4.93. The van der Waals surface area contributed by atoms with Gasteiger partial charge in [-0.1, -0.05) is 47.1 Å². The first-order chi connectivity index (χ1) is 19.0. The van der Waals surface area contributed by atoms with Gasteiger partial charge in [0.15, 0.2) is 0 Å². The van der Waals surface area contributed by atoms with E-state index in [1.54, 1.807) is 17.4 Å². The van der Waals surface area contributed by atoms with Gasteiger partial charge in [-0.15, -0.1) is 11.3 Å². The van der Waals surface area contributed by atoms with Crippen molar-refractivity contribution in [2.75, 3.05) is 20.6 Å². The Morgan fingerprint density at radius 3 is 2.66 bits per heavy atom. The molecule has 0 aliphatic carbocycles. The number of fused-ring (bicyclic) bond motifs is 2. The fourth-order valence-electron chi connectivity index (χ4n) is 4.05. The molecule has 1 aliphatic heterocycles. The second-order valence-corrected chi connectivity index (χ2v) is 11.4. The molecule has 0 saturated carbocycles. The summed E-state index contributed by atoms with van der Waals surface area (Å²) in [5.74, 6) is -0.747. The Morgan fingerprint density at radius 2 is 1.95 bits per heavy atom. The van der Waals surface area contributed by atoms with E-state index in [1.165, 1.54) is 11.6 Å². The molecule has 9 heteroatoms. The zero-order valence-electron chi connectivity index (χ0n) is 25.3. The van der Waals surface area contributed by atoms with Crippen molar-refractivity contribution in [3.8, 4) is 0 Å². The van der Waals surface area contributed by atoms with E-state index in [1.807, 2.05) is 58.5 Å². The Hall–Kier alpha value is -2.13. The van der Waals surface area contributed by atoms with Gasteiger partial charge in [0.2, 0.25) is 0 Å². The number of aryl methyl sites for hydroxylation is 1. The SMILES string of the molecule is C=[C-]N[C@@H]1CCCc2csc(n2)C[C@@H](/C=C(C)/C=C/C(C)=C/CN(C)C)OC(=O)/C=C\C=C(/C)C[C@H](C)OC1=O.[Y]. The van der Waals surface area contributed by atoms with Gasteiger partial charge in [0.05, 0.1) is 16.7 Å². The third-order valence-corrected chi connectivity index (χ3v) is 7.03. The number of esters is 2. The van der Waals surface area contributed by atoms with Crippen molar-refractivity contribution in [1.29, 1.82) is 0 Å². The monoisotopic (exact) mass is 655 g/mol. The van der Waals surface area contributed by atoms with Gasteiger partial charge in [-0.3, -0.25) is 6.58 Å². The number of nitrogens with zero attached hydrogens (tertiary/aromatic N) is 2. The number of likely N-dealkylation sites (N-methyl/N-ethyl adjacent to an activating group) is 1. The molecule has 1 aromatic rings. The predicted octanol–water partition coefficient (Wildman–Crippen LogP) is 5.67. The van der Waals surface area contributed by atoms with Crippen LogP contribution in [0.3, 0.4) is 0 Å². The van der Waals surface area contributed by atoms with Gasteiger partial charge < -0.3 is 25.9 Å². The van der Waals surface area contributed by atoms with Crippen LogP contribution in [0.4, 0.5) is 0 Å². The quantitative estimate of drug-likeness (QED) is 0.176. The zero-order chi connectivity index (χ0) is 29.5. The Labute approximate surface area is 275 Å². The Morgan fingerprint density at radius 1 is 1.22 bits per heavy atom. The van der Waals surface area contributed by atoms with E-state index in [0.717, 1.165) is 41.2 Å². The maximum absolute atomic E-state index is 12.7. The van der Waals surface area contributed by atoms with Crippen molar-refractivity contribution in [3.05, 3.63) is 88.1 Å². The maximum atomic E-state index is 12.7. The topological polar surface area (TPSA) is 80.8 Å². The number of allylic oxidation sites excluding steroid dienone is 6. The minimum Gasteiger partial charge on any atom is -0.556 e. The minimum atomic E-state index is -0.512. The van der Waals surface area contributed by atoms with E-state index in [9.17, 15) is 9.59 Å². The third kappa shape index (κ3) is 15.6. The molecule has 221 valence electrons. The van der Waals surface area contributed by atoms with E-state index in [2.05, 4.69) is 42.1 Å². The van der Waals surface area contributed by atoms with Crippen LogP contribution in [-0.2, 0) is 64.6 Å². The summed E-state index contributed by atoms with van der Waals surface area (Å²) in [5.41, 5.74) is 4.10. The molecule has 7 nitrogen and oxygen atoms in total. The molecule has 41 heavy (non-hydrogen) atoms. The summed E-state index contributed by atoms with van der Waals surface area (Å²) in [6, 6.07) is -0.512. The number of carbonyl (C=O) groups is 2. The summed E-state index contributed by atoms with van der Waals surface area (Å²) in [6.07, 6.45) is 18.1. The number of hydrogen-bond acceptors (Lipinski definition) is 8. The molecule has 1 radical (unpaired) electrons. The molecule has 1 N–H and O–H groups in total. The molecule has 2 rings (SSSR count). The number of rotatable bonds is 7. The Balaban J connectivity index is 0.00000840. The first kappa shape index (κ1) is 36.9. The summed E-state index contributed by atoms with van der Waals surface area (Å²) in [7, 11) is 4.07. The van der Waals surface area contributed by atoms with Gasteiger partial charge in [0.1, 0.15) is 12.2 Å². The minimum absolute atomic E-state index is 0. The number of carbonyl (C=O) groups excluding carboxylic acids is 2. The average molecular weight is 656 g/mol. The molecule has 0 spiro atoms. The van der Waals surface area contributed by atoms with Gasteiger partial charge in [0, 0.05) is 63.6 Å². The molecule has 0 fully saturated rings. The summed E-state index contributed by atoms with van der Waals surface area (Å²) in [5, 5.41) is 5.82. The second-order valence-electron chi connectivity index (χ2n) is 10.5. The third-order valence-electron chi connectivity index (χ3n) is 6.11. The van der Waals surface area contributed by atoms with Crippen LogP contribution < -0.4 is 5.32 Å². The van der Waals surface area contributed by atoms with Gasteiger partial charge in [-0.05, 0) is 67.1 Å². The number of hydrogen-bond donors (Lipinski definition) is 1. The van der Waals surface area contributed by atoms with Crippen LogP contribution in [0.25, 0.3) is 0 Å². The maximum Gasteiger partial charge on any atom is 0.331 e. The molecule has 0 aromatic carbocycles. The standard InChI is InChI=1S/C32H44N3O4S.Y/c1-8-33-29-13-10-12-27-22-40-30(34-27)21-28(20-25(4)16-15-23(2)17-18-35(6)7)39-31(36)14-9-11-24(3)19-26(5)38-32(29)37;/h9,11,14-17,20,22,26,28-29,33H,1,10,12-13,18-19,21H2,2-7H3;/q-1;/b14-9-,16-15+,23-17+,24-11+,25-20+;/t26-,28+,29+;/m0./s1. The van der Waals surface area contributed by atoms with Crippen molar-refractivity contribution in [2.45, 2.75) is 78.0 Å². The molecular formula is C32H44N3O4SY-. The Kier molecular flexibility index (Phi) is 17.9. The van der Waals surface area contributed by atoms with Crippen LogP contribution in [0.15, 0.2) is 71.2 Å². The van der Waals surface area contributed by atoms with Crippen LogP contribution in [0.2, 0.25) is 0 Å². The van der Waals surface area contributed by atoms with E-state index in [0.29, 0.717) is 19.3 Å². The van der Waals surface area contributed by atoms with E-state index in [4.69, 9.17) is 14.5 Å². The van der Waals surface area contributed by atoms with Crippen LogP contribution in [0, 0.1) is 6.20 Å². The molecule has 0 saturated heterocycles. The summed E-state index contributed by atoms with van der Waals surface area (Å²) in [6.45, 7) is 12.3. The zero-order valence-corrected chi connectivity index (χ0v) is 29.0. The fraction of sp³-hybridized carbons (Fsp3) is 0.469. The first-order valence-corrected chi connectivity index (χ1v) is 14.6. The van der Waals surface area contributed by atoms with Crippen LogP contribution >= 0.6 is 11.3 Å². The molecule has 1 aromatic heterocycles. The van der Waals surface area contributed by atoms with Crippen molar-refractivity contribution in [1.82, 2.24) is 15.2 Å². The van der Waals surface area contributed by atoms with Crippen LogP contribution in [0.5, 0.6) is 0 Å².